The van der Waals surface area contributed by atoms with Crippen molar-refractivity contribution in [1.29, 1.82) is 0 Å². The van der Waals surface area contributed by atoms with Crippen LogP contribution in [0.1, 0.15) is 44.6 Å². The summed E-state index contributed by atoms with van der Waals surface area (Å²) in [6, 6.07) is 3.88. The fourth-order valence-corrected chi connectivity index (χ4v) is 3.44. The number of benzene rings is 1. The van der Waals surface area contributed by atoms with Crippen LogP contribution < -0.4 is 5.32 Å². The lowest BCUT2D eigenvalue weighted by molar-refractivity contribution is -0.161. The molecule has 1 aromatic carbocycles. The van der Waals surface area contributed by atoms with Gasteiger partial charge in [0.25, 0.3) is 5.91 Å². The predicted molar refractivity (Wildman–Crippen MR) is 92.9 cm³/mol. The van der Waals surface area contributed by atoms with E-state index in [-0.39, 0.29) is 23.9 Å². The maximum atomic E-state index is 13.4. The molecule has 26 heavy (non-hydrogen) atoms. The summed E-state index contributed by atoms with van der Waals surface area (Å²) in [7, 11) is 0. The van der Waals surface area contributed by atoms with Crippen LogP contribution in [0.2, 0.25) is 0 Å². The van der Waals surface area contributed by atoms with Gasteiger partial charge in [0.15, 0.2) is 6.10 Å². The minimum absolute atomic E-state index is 0.0837. The van der Waals surface area contributed by atoms with Crippen molar-refractivity contribution in [2.24, 2.45) is 5.92 Å². The van der Waals surface area contributed by atoms with Crippen LogP contribution in [0, 0.1) is 11.7 Å². The number of carbonyl (C=O) groups is 3. The summed E-state index contributed by atoms with van der Waals surface area (Å²) < 4.78 is 18.7. The second-order valence-corrected chi connectivity index (χ2v) is 7.12. The normalized spacial score (nSPS) is 21.6. The Balaban J connectivity index is 1.68. The number of likely N-dealkylation sites (tertiary alicyclic amines) is 1. The average Bonchev–Trinajstić information content (AvgIpc) is 2.60. The Morgan fingerprint density at radius 3 is 2.69 bits per heavy atom. The van der Waals surface area contributed by atoms with Crippen LogP contribution in [0.15, 0.2) is 18.2 Å². The van der Waals surface area contributed by atoms with Gasteiger partial charge in [0.1, 0.15) is 5.82 Å². The van der Waals surface area contributed by atoms with E-state index in [0.717, 1.165) is 12.8 Å². The predicted octanol–water partition coefficient (Wildman–Crippen LogP) is 2.44. The second-order valence-electron chi connectivity index (χ2n) is 7.12. The number of esters is 1. The van der Waals surface area contributed by atoms with Gasteiger partial charge in [-0.1, -0.05) is 13.0 Å². The van der Waals surface area contributed by atoms with Crippen molar-refractivity contribution >= 4 is 23.5 Å². The van der Waals surface area contributed by atoms with Crippen molar-refractivity contribution in [3.63, 3.8) is 0 Å². The van der Waals surface area contributed by atoms with Crippen LogP contribution in [-0.4, -0.2) is 41.9 Å². The van der Waals surface area contributed by atoms with E-state index in [0.29, 0.717) is 24.6 Å². The molecule has 0 bridgehead atoms. The molecule has 1 fully saturated rings. The van der Waals surface area contributed by atoms with Crippen LogP contribution in [0.4, 0.5) is 10.1 Å². The molecule has 2 heterocycles. The van der Waals surface area contributed by atoms with Crippen molar-refractivity contribution in [3.8, 4) is 0 Å². The number of nitrogens with zero attached hydrogens (tertiary/aromatic N) is 1. The van der Waals surface area contributed by atoms with Crippen LogP contribution in [-0.2, 0) is 19.1 Å². The Bertz CT molecular complexity index is 728. The first-order chi connectivity index (χ1) is 12.3. The van der Waals surface area contributed by atoms with Crippen molar-refractivity contribution in [2.45, 2.75) is 45.1 Å². The number of hydrogen-bond acceptors (Lipinski definition) is 4. The first-order valence-electron chi connectivity index (χ1n) is 8.93. The van der Waals surface area contributed by atoms with Crippen molar-refractivity contribution in [1.82, 2.24) is 4.90 Å². The Morgan fingerprint density at radius 2 is 2.00 bits per heavy atom. The van der Waals surface area contributed by atoms with Crippen molar-refractivity contribution < 1.29 is 23.5 Å². The van der Waals surface area contributed by atoms with Gasteiger partial charge in [0.2, 0.25) is 5.91 Å². The lowest BCUT2D eigenvalue weighted by Gasteiger charge is -2.32. The highest BCUT2D eigenvalue weighted by atomic mass is 19.1. The Morgan fingerprint density at radius 1 is 1.31 bits per heavy atom. The zero-order chi connectivity index (χ0) is 18.8. The monoisotopic (exact) mass is 362 g/mol. The molecule has 2 aliphatic rings. The molecule has 0 spiro atoms. The summed E-state index contributed by atoms with van der Waals surface area (Å²) in [6.07, 6.45) is 0.881. The number of fused-ring (bicyclic) bond motifs is 1. The third-order valence-electron chi connectivity index (χ3n) is 5.07. The molecule has 2 atom stereocenters. The largest absolute Gasteiger partial charge is 0.452 e. The molecule has 0 aliphatic carbocycles. The number of ether oxygens (including phenoxy) is 1. The summed E-state index contributed by atoms with van der Waals surface area (Å²) in [5.74, 6) is -1.98. The molecule has 0 radical (unpaired) electrons. The minimum Gasteiger partial charge on any atom is -0.452 e. The third kappa shape index (κ3) is 3.86. The topological polar surface area (TPSA) is 75.7 Å². The van der Waals surface area contributed by atoms with E-state index in [9.17, 15) is 18.8 Å². The number of rotatable bonds is 3. The molecule has 0 saturated carbocycles. The molecule has 1 N–H and O–H groups in total. The van der Waals surface area contributed by atoms with Crippen molar-refractivity contribution in [3.05, 3.63) is 29.6 Å². The summed E-state index contributed by atoms with van der Waals surface area (Å²) in [5.41, 5.74) is 0.773. The number of hydrogen-bond donors (Lipinski definition) is 1. The number of amides is 2. The zero-order valence-corrected chi connectivity index (χ0v) is 15.0. The van der Waals surface area contributed by atoms with Gasteiger partial charge in [-0.05, 0) is 43.4 Å². The maximum Gasteiger partial charge on any atom is 0.314 e. The molecule has 1 aromatic rings. The molecule has 0 unspecified atom stereocenters. The Hall–Kier alpha value is -2.44. The quantitative estimate of drug-likeness (QED) is 0.838. The Labute approximate surface area is 151 Å². The maximum absolute atomic E-state index is 13.4. The lowest BCUT2D eigenvalue weighted by atomic mass is 9.90. The molecular formula is C19H23FN2O4. The van der Waals surface area contributed by atoms with E-state index in [2.05, 4.69) is 12.2 Å². The fraction of sp³-hybridized carbons (Fsp3) is 0.526. The molecule has 6 nitrogen and oxygen atoms in total. The molecule has 140 valence electrons. The minimum atomic E-state index is -0.912. The van der Waals surface area contributed by atoms with E-state index < -0.39 is 23.8 Å². The summed E-state index contributed by atoms with van der Waals surface area (Å²) in [5, 5.41) is 2.56. The van der Waals surface area contributed by atoms with Gasteiger partial charge in [-0.25, -0.2) is 4.39 Å². The van der Waals surface area contributed by atoms with E-state index >= 15 is 0 Å². The van der Waals surface area contributed by atoms with Gasteiger partial charge in [0.05, 0.1) is 5.92 Å². The van der Waals surface area contributed by atoms with Crippen LogP contribution in [0.5, 0.6) is 0 Å². The van der Waals surface area contributed by atoms with E-state index in [1.807, 2.05) is 0 Å². The lowest BCUT2D eigenvalue weighted by Crippen LogP contribution is -2.44. The molecular weight excluding hydrogens is 339 g/mol. The summed E-state index contributed by atoms with van der Waals surface area (Å²) >= 11 is 0. The Kier molecular flexibility index (Phi) is 5.25. The van der Waals surface area contributed by atoms with Gasteiger partial charge >= 0.3 is 5.97 Å². The zero-order valence-electron chi connectivity index (χ0n) is 15.0. The number of anilines is 1. The SMILES string of the molecule is CC1CCN(C(=O)[C@H](C)OC(=O)[C@H]2CC(=O)Nc3cc(F)ccc32)CC1. The first-order valence-corrected chi connectivity index (χ1v) is 8.93. The second kappa shape index (κ2) is 7.43. The highest BCUT2D eigenvalue weighted by molar-refractivity contribution is 6.00. The number of piperidine rings is 1. The molecule has 1 saturated heterocycles. The van der Waals surface area contributed by atoms with Crippen molar-refractivity contribution in [2.75, 3.05) is 18.4 Å². The number of nitrogens with one attached hydrogen (secondary N) is 1. The number of carbonyl (C=O) groups excluding carboxylic acids is 3. The van der Waals surface area contributed by atoms with E-state index in [1.54, 1.807) is 11.8 Å². The van der Waals surface area contributed by atoms with Gasteiger partial charge < -0.3 is 15.0 Å². The third-order valence-corrected chi connectivity index (χ3v) is 5.07. The molecule has 3 rings (SSSR count). The van der Waals surface area contributed by atoms with Gasteiger partial charge in [0, 0.05) is 25.2 Å². The first kappa shape index (κ1) is 18.4. The fourth-order valence-electron chi connectivity index (χ4n) is 3.44. The van der Waals surface area contributed by atoms with E-state index in [4.69, 9.17) is 4.74 Å². The summed E-state index contributed by atoms with van der Waals surface area (Å²) in [4.78, 5) is 38.6. The van der Waals surface area contributed by atoms with Gasteiger partial charge in [-0.2, -0.15) is 0 Å². The standard InChI is InChI=1S/C19H23FN2O4/c1-11-5-7-22(8-6-11)18(24)12(2)26-19(25)15-10-17(23)21-16-9-13(20)3-4-14(15)16/h3-4,9,11-12,15H,5-8,10H2,1-2H3,(H,21,23)/t12-,15-/m0/s1. The molecule has 7 heteroatoms. The molecule has 2 amide bonds. The van der Waals surface area contributed by atoms with Crippen LogP contribution in [0.25, 0.3) is 0 Å². The van der Waals surface area contributed by atoms with E-state index in [1.165, 1.54) is 18.2 Å². The van der Waals surface area contributed by atoms with Gasteiger partial charge in [-0.15, -0.1) is 0 Å². The summed E-state index contributed by atoms with van der Waals surface area (Å²) in [6.45, 7) is 5.03. The van der Waals surface area contributed by atoms with Gasteiger partial charge in [-0.3, -0.25) is 14.4 Å². The smallest absolute Gasteiger partial charge is 0.314 e. The number of halogens is 1. The van der Waals surface area contributed by atoms with Crippen LogP contribution >= 0.6 is 0 Å². The highest BCUT2D eigenvalue weighted by Gasteiger charge is 2.35. The highest BCUT2D eigenvalue weighted by Crippen LogP contribution is 2.34. The molecule has 0 aromatic heterocycles. The van der Waals surface area contributed by atoms with Crippen LogP contribution in [0.3, 0.4) is 0 Å². The molecule has 2 aliphatic heterocycles. The average molecular weight is 362 g/mol.